The molecule has 0 aliphatic carbocycles. The van der Waals surface area contributed by atoms with Crippen LogP contribution in [-0.4, -0.2) is 42.2 Å². The first-order valence-electron chi connectivity index (χ1n) is 9.16. The van der Waals surface area contributed by atoms with Crippen molar-refractivity contribution >= 4 is 44.2 Å². The number of nitrogens with zero attached hydrogens (tertiary/aromatic N) is 2. The third-order valence-corrected chi connectivity index (χ3v) is 4.96. The minimum atomic E-state index is -0.557. The molecule has 2 amide bonds. The van der Waals surface area contributed by atoms with E-state index >= 15 is 0 Å². The molecule has 2 aromatic rings. The van der Waals surface area contributed by atoms with Gasteiger partial charge in [-0.3, -0.25) is 9.59 Å². The number of esters is 1. The Morgan fingerprint density at radius 2 is 1.89 bits per heavy atom. The van der Waals surface area contributed by atoms with Crippen molar-refractivity contribution in [3.63, 3.8) is 0 Å². The van der Waals surface area contributed by atoms with Crippen LogP contribution in [-0.2, 0) is 9.53 Å². The smallest absolute Gasteiger partial charge is 0.325 e. The van der Waals surface area contributed by atoms with Gasteiger partial charge in [0.25, 0.3) is 5.56 Å². The van der Waals surface area contributed by atoms with E-state index in [1.54, 1.807) is 25.1 Å². The predicted octanol–water partition coefficient (Wildman–Crippen LogP) is 2.96. The Morgan fingerprint density at radius 3 is 2.50 bits per heavy atom. The van der Waals surface area contributed by atoms with Gasteiger partial charge in [0.2, 0.25) is 0 Å². The molecule has 2 rings (SSSR count). The monoisotopic (exact) mass is 406 g/mol. The highest BCUT2D eigenvalue weighted by Crippen LogP contribution is 2.28. The summed E-state index contributed by atoms with van der Waals surface area (Å²) >= 11 is 1.44. The van der Waals surface area contributed by atoms with Gasteiger partial charge in [0.05, 0.1) is 12.0 Å². The summed E-state index contributed by atoms with van der Waals surface area (Å²) in [6.45, 7) is 9.95. The maximum atomic E-state index is 12.6. The molecule has 0 unspecified atom stereocenters. The maximum Gasteiger partial charge on any atom is 0.325 e. The molecule has 1 aromatic heterocycles. The predicted molar refractivity (Wildman–Crippen MR) is 112 cm³/mol. The summed E-state index contributed by atoms with van der Waals surface area (Å²) in [7, 11) is 0. The molecule has 8 nitrogen and oxygen atoms in total. The molecule has 0 aliphatic heterocycles. The number of aromatic nitrogens is 1. The Balaban J connectivity index is 2.21. The van der Waals surface area contributed by atoms with E-state index in [0.717, 1.165) is 4.70 Å². The highest BCUT2D eigenvalue weighted by atomic mass is 32.1. The summed E-state index contributed by atoms with van der Waals surface area (Å²) in [5, 5.41) is 6.12. The van der Waals surface area contributed by atoms with Gasteiger partial charge in [-0.25, -0.2) is 4.79 Å². The number of carbonyl (C=O) groups excluding carboxylic acids is 2. The third kappa shape index (κ3) is 5.41. The average Bonchev–Trinajstić information content (AvgIpc) is 2.60. The second-order valence-corrected chi connectivity index (χ2v) is 7.73. The lowest BCUT2D eigenvalue weighted by Crippen LogP contribution is -2.38. The van der Waals surface area contributed by atoms with E-state index in [1.165, 1.54) is 11.3 Å². The zero-order valence-electron chi connectivity index (χ0n) is 16.7. The lowest BCUT2D eigenvalue weighted by Gasteiger charge is -2.31. The van der Waals surface area contributed by atoms with Gasteiger partial charge in [-0.2, -0.15) is 4.98 Å². The highest BCUT2D eigenvalue weighted by molar-refractivity contribution is 7.21. The number of hydrogen-bond donors (Lipinski definition) is 2. The zero-order chi connectivity index (χ0) is 20.8. The number of urea groups is 1. The Morgan fingerprint density at radius 1 is 1.21 bits per heavy atom. The van der Waals surface area contributed by atoms with Gasteiger partial charge >= 0.3 is 12.0 Å². The van der Waals surface area contributed by atoms with E-state index in [4.69, 9.17) is 4.74 Å². The number of rotatable bonds is 7. The van der Waals surface area contributed by atoms with Gasteiger partial charge in [-0.05, 0) is 52.8 Å². The Labute approximate surface area is 167 Å². The molecule has 0 radical (unpaired) electrons. The molecule has 0 spiro atoms. The summed E-state index contributed by atoms with van der Waals surface area (Å²) in [6.07, 6.45) is 0. The van der Waals surface area contributed by atoms with Crippen LogP contribution in [0.25, 0.3) is 10.1 Å². The van der Waals surface area contributed by atoms with Gasteiger partial charge in [0, 0.05) is 22.5 Å². The van der Waals surface area contributed by atoms with Crippen molar-refractivity contribution in [3.05, 3.63) is 28.6 Å². The second kappa shape index (κ2) is 9.50. The molecular formula is C19H26N4O4S. The van der Waals surface area contributed by atoms with Gasteiger partial charge in [-0.15, -0.1) is 0 Å². The fourth-order valence-electron chi connectivity index (χ4n) is 2.82. The molecule has 0 bridgehead atoms. The van der Waals surface area contributed by atoms with Crippen LogP contribution < -0.4 is 21.1 Å². The van der Waals surface area contributed by atoms with Crippen LogP contribution in [0.3, 0.4) is 0 Å². The molecule has 1 aromatic carbocycles. The largest absolute Gasteiger partial charge is 0.465 e. The minimum absolute atomic E-state index is 0.213. The SMILES string of the molecule is CCOC(=O)CNC(=O)Nc1ccc2sc(N(C(C)C)C(C)C)nc(=O)c2c1. The molecule has 9 heteroatoms. The van der Waals surface area contributed by atoms with Crippen molar-refractivity contribution < 1.29 is 14.3 Å². The average molecular weight is 407 g/mol. The molecule has 2 N–H and O–H groups in total. The quantitative estimate of drug-likeness (QED) is 0.686. The lowest BCUT2D eigenvalue weighted by molar-refractivity contribution is -0.141. The molecular weight excluding hydrogens is 380 g/mol. The van der Waals surface area contributed by atoms with Crippen LogP contribution in [0.15, 0.2) is 23.0 Å². The topological polar surface area (TPSA) is 101 Å². The summed E-state index contributed by atoms with van der Waals surface area (Å²) in [4.78, 5) is 42.1. The fourth-order valence-corrected chi connectivity index (χ4v) is 4.06. The molecule has 0 saturated carbocycles. The van der Waals surface area contributed by atoms with Crippen molar-refractivity contribution in [1.29, 1.82) is 0 Å². The number of fused-ring (bicyclic) bond motifs is 1. The summed E-state index contributed by atoms with van der Waals surface area (Å²) in [5.74, 6) is -0.517. The van der Waals surface area contributed by atoms with Gasteiger partial charge in [0.15, 0.2) is 5.13 Å². The second-order valence-electron chi connectivity index (χ2n) is 6.72. The zero-order valence-corrected chi connectivity index (χ0v) is 17.6. The van der Waals surface area contributed by atoms with Crippen molar-refractivity contribution in [2.24, 2.45) is 0 Å². The highest BCUT2D eigenvalue weighted by Gasteiger charge is 2.18. The Bertz CT molecular complexity index is 902. The van der Waals surface area contributed by atoms with Crippen molar-refractivity contribution in [2.45, 2.75) is 46.7 Å². The number of nitrogens with one attached hydrogen (secondary N) is 2. The van der Waals surface area contributed by atoms with E-state index in [9.17, 15) is 14.4 Å². The van der Waals surface area contributed by atoms with Crippen molar-refractivity contribution in [3.8, 4) is 0 Å². The summed E-state index contributed by atoms with van der Waals surface area (Å²) in [5.41, 5.74) is 0.0999. The molecule has 152 valence electrons. The van der Waals surface area contributed by atoms with E-state index in [2.05, 4.69) is 48.2 Å². The van der Waals surface area contributed by atoms with Gasteiger partial charge in [0.1, 0.15) is 6.54 Å². The Hall–Kier alpha value is -2.68. The van der Waals surface area contributed by atoms with E-state index in [0.29, 0.717) is 16.2 Å². The van der Waals surface area contributed by atoms with Gasteiger partial charge in [-0.1, -0.05) is 11.3 Å². The Kier molecular flexibility index (Phi) is 7.33. The normalized spacial score (nSPS) is 11.0. The first kappa shape index (κ1) is 21.6. The number of ether oxygens (including phenoxy) is 1. The number of hydrogen-bond acceptors (Lipinski definition) is 7. The molecule has 0 atom stereocenters. The molecule has 0 saturated heterocycles. The van der Waals surface area contributed by atoms with Crippen LogP contribution in [0.5, 0.6) is 0 Å². The van der Waals surface area contributed by atoms with Crippen molar-refractivity contribution in [1.82, 2.24) is 10.3 Å². The van der Waals surface area contributed by atoms with Crippen molar-refractivity contribution in [2.75, 3.05) is 23.4 Å². The molecule has 1 heterocycles. The number of anilines is 2. The molecule has 0 aliphatic rings. The minimum Gasteiger partial charge on any atom is -0.465 e. The molecule has 0 fully saturated rings. The summed E-state index contributed by atoms with van der Waals surface area (Å²) < 4.78 is 5.54. The third-order valence-electron chi connectivity index (χ3n) is 3.90. The first-order valence-corrected chi connectivity index (χ1v) is 9.98. The van der Waals surface area contributed by atoms with E-state index in [1.807, 2.05) is 0 Å². The maximum absolute atomic E-state index is 12.6. The number of benzene rings is 1. The molecule has 28 heavy (non-hydrogen) atoms. The lowest BCUT2D eigenvalue weighted by atomic mass is 10.2. The van der Waals surface area contributed by atoms with Crippen LogP contribution in [0.1, 0.15) is 34.6 Å². The summed E-state index contributed by atoms with van der Waals surface area (Å²) in [6, 6.07) is 4.95. The first-order chi connectivity index (χ1) is 13.2. The van der Waals surface area contributed by atoms with Gasteiger partial charge < -0.3 is 20.3 Å². The van der Waals surface area contributed by atoms with Crippen LogP contribution in [0.4, 0.5) is 15.6 Å². The fraction of sp³-hybridized carbons (Fsp3) is 0.474. The van der Waals surface area contributed by atoms with Crippen LogP contribution in [0.2, 0.25) is 0 Å². The van der Waals surface area contributed by atoms with Crippen LogP contribution >= 0.6 is 11.3 Å². The van der Waals surface area contributed by atoms with Crippen LogP contribution in [0, 0.1) is 0 Å². The van der Waals surface area contributed by atoms with E-state index < -0.39 is 12.0 Å². The number of carbonyl (C=O) groups is 2. The standard InChI is InChI=1S/C19H26N4O4S/c1-6-27-16(24)10-20-18(26)21-13-7-8-15-14(9-13)17(25)22-19(28-15)23(11(2)3)12(4)5/h7-9,11-12H,6,10H2,1-5H3,(H2,20,21,26). The number of amides is 2. The van der Waals surface area contributed by atoms with E-state index in [-0.39, 0.29) is 30.8 Å².